The third kappa shape index (κ3) is 2.26. The Morgan fingerprint density at radius 1 is 0.800 bits per heavy atom. The van der Waals surface area contributed by atoms with Gasteiger partial charge in [-0.2, -0.15) is 0 Å². The van der Waals surface area contributed by atoms with Crippen molar-refractivity contribution in [2.45, 2.75) is 44.5 Å². The van der Waals surface area contributed by atoms with Crippen LogP contribution in [0.15, 0.2) is 43.0 Å². The normalized spacial score (nSPS) is 22.9. The van der Waals surface area contributed by atoms with Crippen molar-refractivity contribution in [1.29, 1.82) is 0 Å². The maximum Gasteiger partial charge on any atom is -0.147 e. The van der Waals surface area contributed by atoms with Crippen LogP contribution in [0.5, 0.6) is 0 Å². The van der Waals surface area contributed by atoms with Crippen LogP contribution >= 0.6 is 24.8 Å². The minimum atomic E-state index is -3.89. The Hall–Kier alpha value is 0.640. The predicted octanol–water partition coefficient (Wildman–Crippen LogP) is 6.45. The van der Waals surface area contributed by atoms with Crippen molar-refractivity contribution in [3.05, 3.63) is 43.0 Å². The second-order valence-corrected chi connectivity index (χ2v) is 73.7. The van der Waals surface area contributed by atoms with E-state index in [4.69, 9.17) is 0 Å². The van der Waals surface area contributed by atoms with Gasteiger partial charge in [0.25, 0.3) is 0 Å². The summed E-state index contributed by atoms with van der Waals surface area (Å²) in [5.74, 6) is -0.877. The maximum absolute atomic E-state index is 3.89. The van der Waals surface area contributed by atoms with Crippen LogP contribution in [0, 0.1) is 0 Å². The van der Waals surface area contributed by atoms with Gasteiger partial charge in [-0.15, -0.1) is 24.8 Å². The van der Waals surface area contributed by atoms with Crippen molar-refractivity contribution in [3.63, 3.8) is 0 Å². The van der Waals surface area contributed by atoms with Gasteiger partial charge in [0, 0.05) is 0 Å². The Balaban J connectivity index is 0.00000180. The molecule has 2 rings (SSSR count). The van der Waals surface area contributed by atoms with Gasteiger partial charge in [-0.3, -0.25) is 0 Å². The fourth-order valence-corrected chi connectivity index (χ4v) is 30.0. The fourth-order valence-electron chi connectivity index (χ4n) is 3.72. The van der Waals surface area contributed by atoms with Gasteiger partial charge in [0.2, 0.25) is 0 Å². The first kappa shape index (κ1) is 20.6. The summed E-state index contributed by atoms with van der Waals surface area (Å²) in [6.45, 7) is 5.17. The molecule has 4 heteroatoms. The Labute approximate surface area is 132 Å². The third-order valence-corrected chi connectivity index (χ3v) is 78.3. The van der Waals surface area contributed by atoms with Gasteiger partial charge >= 0.3 is 108 Å². The van der Waals surface area contributed by atoms with Crippen LogP contribution in [0.3, 0.4) is 0 Å². The Bertz CT molecular complexity index is 514. The molecule has 0 saturated heterocycles. The third-order valence-electron chi connectivity index (χ3n) is 7.69. The predicted molar refractivity (Wildman–Crippen MR) is 101 cm³/mol. The molecule has 0 aromatic rings. The van der Waals surface area contributed by atoms with Crippen LogP contribution in [0.2, 0.25) is 31.6 Å². The van der Waals surface area contributed by atoms with Gasteiger partial charge in [0.1, 0.15) is 0 Å². The molecule has 2 aliphatic rings. The van der Waals surface area contributed by atoms with Gasteiger partial charge in [-0.25, -0.2) is 0 Å². The zero-order valence-electron chi connectivity index (χ0n) is 13.8. The molecule has 0 amide bonds. The molecule has 0 aliphatic heterocycles. The molecule has 0 unspecified atom stereocenters. The van der Waals surface area contributed by atoms with E-state index in [0.717, 1.165) is 0 Å². The van der Waals surface area contributed by atoms with Gasteiger partial charge in [0.15, 0.2) is 0 Å². The van der Waals surface area contributed by atoms with Crippen molar-refractivity contribution in [2.75, 3.05) is 0 Å². The van der Waals surface area contributed by atoms with Gasteiger partial charge in [-0.1, -0.05) is 0 Å². The number of allylic oxidation sites excluding steroid dienone is 8. The smallest absolute Gasteiger partial charge is 0.147 e. The first-order valence-electron chi connectivity index (χ1n) is 7.38. The van der Waals surface area contributed by atoms with E-state index in [-0.39, 0.29) is 24.8 Å². The Morgan fingerprint density at radius 3 is 1.35 bits per heavy atom. The van der Waals surface area contributed by atoms with Crippen molar-refractivity contribution in [1.82, 2.24) is 0 Å². The molecule has 0 aromatic carbocycles. The molecule has 0 atom stereocenters. The minimum Gasteiger partial charge on any atom is -0.147 e. The number of hydrogen-bond acceptors (Lipinski definition) is 0. The SMILES string of the molecule is C[SiH](C)[Zr]([CH3])([CH3])([CH3])([CH3])([C]1=CC=CC1)[C]1=CC=CC1.Cl.Cl. The summed E-state index contributed by atoms with van der Waals surface area (Å²) < 4.78 is 14.4. The van der Waals surface area contributed by atoms with Gasteiger partial charge < -0.3 is 0 Å². The Kier molecular flexibility index (Phi) is 4.72. The molecule has 0 nitrogen and oxygen atoms in total. The number of halogens is 2. The summed E-state index contributed by atoms with van der Waals surface area (Å²) in [4.78, 5) is 0. The first-order valence-corrected chi connectivity index (χ1v) is 26.8. The molecule has 0 spiro atoms. The molecule has 0 bridgehead atoms. The average molecular weight is 414 g/mol. The van der Waals surface area contributed by atoms with E-state index in [0.29, 0.717) is 0 Å². The van der Waals surface area contributed by atoms with Crippen molar-refractivity contribution in [2.24, 2.45) is 0 Å². The van der Waals surface area contributed by atoms with Gasteiger partial charge in [0.05, 0.1) is 0 Å². The first-order chi connectivity index (χ1) is 7.95. The monoisotopic (exact) mass is 411 g/mol. The van der Waals surface area contributed by atoms with Crippen LogP contribution in [0.4, 0.5) is 0 Å². The molecule has 0 saturated carbocycles. The minimum absolute atomic E-state index is 0. The zero-order chi connectivity index (χ0) is 13.8. The molecule has 0 N–H and O–H groups in total. The van der Waals surface area contributed by atoms with E-state index >= 15 is 0 Å². The van der Waals surface area contributed by atoms with Crippen molar-refractivity contribution in [3.8, 4) is 0 Å². The standard InChI is InChI=1S/2C5H5.C2H7Si.4CH3.2ClH.Zr/c2*1-2-4-5-3-1;1-3-2;;;;;;;/h2*1-3H,4H2;3H,1-2H3;4*1H3;2*1H;. The van der Waals surface area contributed by atoms with E-state index < -0.39 is 20.9 Å². The second-order valence-electron chi connectivity index (χ2n) is 10.4. The Morgan fingerprint density at radius 2 is 1.15 bits per heavy atom. The molecule has 117 valence electrons. The average Bonchev–Trinajstić information content (AvgIpc) is 2.92. The topological polar surface area (TPSA) is 0 Å². The quantitative estimate of drug-likeness (QED) is 0.466. The summed E-state index contributed by atoms with van der Waals surface area (Å²) >= 11 is -3.89. The zero-order valence-corrected chi connectivity index (χ0v) is 19.0. The molecule has 0 fully saturated rings. The van der Waals surface area contributed by atoms with Crippen molar-refractivity contribution >= 4 is 30.7 Å². The molecular weight excluding hydrogens is 382 g/mol. The molecule has 0 radical (unpaired) electrons. The molecule has 2 aliphatic carbocycles. The van der Waals surface area contributed by atoms with Crippen LogP contribution in [0.25, 0.3) is 0 Å². The molecular formula is C16H31Cl2SiZr. The summed E-state index contributed by atoms with van der Waals surface area (Å²) in [6, 6.07) is 0. The van der Waals surface area contributed by atoms with E-state index in [2.05, 4.69) is 68.1 Å². The molecule has 0 heterocycles. The molecule has 20 heavy (non-hydrogen) atoms. The summed E-state index contributed by atoms with van der Waals surface area (Å²) in [6.07, 6.45) is 16.5. The van der Waals surface area contributed by atoms with E-state index in [1.165, 1.54) is 12.8 Å². The maximum atomic E-state index is 2.71. The van der Waals surface area contributed by atoms with E-state index in [9.17, 15) is 0 Å². The van der Waals surface area contributed by atoms with Crippen LogP contribution < -0.4 is 0 Å². The number of rotatable bonds is 3. The summed E-state index contributed by atoms with van der Waals surface area (Å²) in [5.41, 5.74) is 0. The largest absolute Gasteiger partial charge is 0.147 e. The van der Waals surface area contributed by atoms with Gasteiger partial charge in [-0.05, 0) is 0 Å². The van der Waals surface area contributed by atoms with Crippen LogP contribution in [-0.2, 0) is 15.0 Å². The van der Waals surface area contributed by atoms with Crippen LogP contribution in [-0.4, -0.2) is 5.92 Å². The van der Waals surface area contributed by atoms with Crippen molar-refractivity contribution < 1.29 is 15.0 Å². The van der Waals surface area contributed by atoms with Crippen LogP contribution in [0.1, 0.15) is 12.8 Å². The number of hydrogen-bond donors (Lipinski definition) is 0. The summed E-state index contributed by atoms with van der Waals surface area (Å²) in [5, 5.41) is 0. The van der Waals surface area contributed by atoms with E-state index in [1.54, 1.807) is 6.56 Å². The molecule has 0 aromatic heterocycles. The summed E-state index contributed by atoms with van der Waals surface area (Å²) in [7, 11) is 0. The second kappa shape index (κ2) is 4.57. The fraction of sp³-hybridized carbons (Fsp3) is 0.500. The van der Waals surface area contributed by atoms with E-state index in [1.807, 2.05) is 0 Å².